The molecular weight excluding hydrogens is 859 g/mol. The molecule has 0 bridgehead atoms. The first-order valence-electron chi connectivity index (χ1n) is 22.7. The summed E-state index contributed by atoms with van der Waals surface area (Å²) in [4.78, 5) is 80.9. The number of anilines is 2. The van der Waals surface area contributed by atoms with E-state index in [2.05, 4.69) is 27.8 Å². The van der Waals surface area contributed by atoms with Crippen molar-refractivity contribution in [3.8, 4) is 11.5 Å². The molecule has 67 heavy (non-hydrogen) atoms. The summed E-state index contributed by atoms with van der Waals surface area (Å²) in [6, 6.07) is 14.1. The van der Waals surface area contributed by atoms with Crippen molar-refractivity contribution in [3.63, 3.8) is 0 Å². The highest BCUT2D eigenvalue weighted by Gasteiger charge is 2.32. The molecule has 18 nitrogen and oxygen atoms in total. The van der Waals surface area contributed by atoms with Gasteiger partial charge >= 0.3 is 6.09 Å². The topological polar surface area (TPSA) is 249 Å². The molecule has 2 saturated heterocycles. The molecule has 3 amide bonds. The Morgan fingerprint density at radius 3 is 2.15 bits per heavy atom. The number of benzene rings is 3. The second kappa shape index (κ2) is 26.0. The molecule has 0 radical (unpaired) electrons. The Labute approximate surface area is 393 Å². The highest BCUT2D eigenvalue weighted by atomic mass is 16.6. The molecule has 2 fully saturated rings. The van der Waals surface area contributed by atoms with Crippen LogP contribution in [0.4, 0.5) is 16.2 Å². The molecule has 3 aromatic carbocycles. The number of nitrogens with one attached hydrogen (secondary N) is 5. The number of likely N-dealkylation sites (tertiary alicyclic amines) is 2. The number of ether oxygens (including phenoxy) is 1. The number of aldehydes is 3. The molecule has 1 atom stereocenters. The number of rotatable bonds is 18. The van der Waals surface area contributed by atoms with E-state index in [1.165, 1.54) is 13.1 Å². The summed E-state index contributed by atoms with van der Waals surface area (Å²) in [5.74, 6) is -1.56. The lowest BCUT2D eigenvalue weighted by atomic mass is 9.93. The Balaban J connectivity index is 0.00000235. The number of hydrogen-bond donors (Lipinski definition) is 7. The summed E-state index contributed by atoms with van der Waals surface area (Å²) in [5, 5.41) is 46.2. The zero-order chi connectivity index (χ0) is 49.2. The summed E-state index contributed by atoms with van der Waals surface area (Å²) in [7, 11) is 5.17. The molecule has 2 aliphatic rings. The van der Waals surface area contributed by atoms with Crippen molar-refractivity contribution >= 4 is 59.8 Å². The first kappa shape index (κ1) is 53.1. The van der Waals surface area contributed by atoms with E-state index in [0.29, 0.717) is 99.0 Å². The van der Waals surface area contributed by atoms with Gasteiger partial charge in [-0.2, -0.15) is 0 Å². The van der Waals surface area contributed by atoms with E-state index in [9.17, 15) is 39.0 Å². The number of amidine groups is 2. The smallest absolute Gasteiger partial charge is 0.411 e. The van der Waals surface area contributed by atoms with Crippen LogP contribution in [-0.4, -0.2) is 139 Å². The molecule has 362 valence electrons. The van der Waals surface area contributed by atoms with Gasteiger partial charge in [0.25, 0.3) is 0 Å². The zero-order valence-electron chi connectivity index (χ0n) is 39.5. The maximum absolute atomic E-state index is 13.6. The van der Waals surface area contributed by atoms with Crippen molar-refractivity contribution in [2.24, 2.45) is 5.92 Å². The SMILES string of the molecule is CCNC.CNC(=O)CCC(C=O)N(C)Cc1c(C=O)cccc1NC(=O)OC1CCN(C(=O)C2CCN(Cc3ccc(N(C(=N)C=O)C(=N)c4cc(C(C)C)c(O)cc4O)cc3)CC2)CC1. The van der Waals surface area contributed by atoms with Gasteiger partial charge in [0.1, 0.15) is 36.0 Å². The zero-order valence-corrected chi connectivity index (χ0v) is 39.5. The molecule has 5 rings (SSSR count). The lowest BCUT2D eigenvalue weighted by Gasteiger charge is -2.37. The highest BCUT2D eigenvalue weighted by molar-refractivity contribution is 6.41. The quantitative estimate of drug-likeness (QED) is 0.0491. The van der Waals surface area contributed by atoms with E-state index in [4.69, 9.17) is 15.6 Å². The molecule has 2 aliphatic heterocycles. The van der Waals surface area contributed by atoms with Gasteiger partial charge in [-0.05, 0) is 94.3 Å². The normalized spacial score (nSPS) is 14.9. The van der Waals surface area contributed by atoms with E-state index >= 15 is 0 Å². The summed E-state index contributed by atoms with van der Waals surface area (Å²) in [6.45, 7) is 9.95. The van der Waals surface area contributed by atoms with E-state index in [1.807, 2.05) is 37.9 Å². The fraction of sp³-hybridized carbons (Fsp3) is 0.469. The fourth-order valence-corrected chi connectivity index (χ4v) is 8.07. The third kappa shape index (κ3) is 14.7. The van der Waals surface area contributed by atoms with Gasteiger partial charge in [-0.3, -0.25) is 50.0 Å². The Morgan fingerprint density at radius 2 is 1.58 bits per heavy atom. The summed E-state index contributed by atoms with van der Waals surface area (Å²) < 4.78 is 5.75. The lowest BCUT2D eigenvalue weighted by Crippen LogP contribution is -2.46. The lowest BCUT2D eigenvalue weighted by molar-refractivity contribution is -0.139. The summed E-state index contributed by atoms with van der Waals surface area (Å²) in [5.41, 5.74) is 3.17. The minimum Gasteiger partial charge on any atom is -0.508 e. The Bertz CT molecular complexity index is 2200. The molecule has 7 N–H and O–H groups in total. The number of aromatic hydroxyl groups is 2. The molecule has 3 aromatic rings. The summed E-state index contributed by atoms with van der Waals surface area (Å²) in [6.07, 6.45) is 3.44. The van der Waals surface area contributed by atoms with Gasteiger partial charge in [0.2, 0.25) is 11.8 Å². The average Bonchev–Trinajstić information content (AvgIpc) is 3.32. The van der Waals surface area contributed by atoms with Gasteiger partial charge in [0.15, 0.2) is 12.1 Å². The largest absolute Gasteiger partial charge is 0.508 e. The molecule has 0 spiro atoms. The van der Waals surface area contributed by atoms with Gasteiger partial charge in [0.05, 0.1) is 11.6 Å². The van der Waals surface area contributed by atoms with E-state index < -0.39 is 24.1 Å². The van der Waals surface area contributed by atoms with Crippen LogP contribution in [0.5, 0.6) is 11.5 Å². The van der Waals surface area contributed by atoms with Gasteiger partial charge < -0.3 is 35.3 Å². The number of nitrogens with zero attached hydrogens (tertiary/aromatic N) is 4. The number of piperidine rings is 2. The van der Waals surface area contributed by atoms with E-state index in [0.717, 1.165) is 29.4 Å². The average molecular weight is 926 g/mol. The number of phenols is 2. The Kier molecular flexibility index (Phi) is 20.6. The predicted molar refractivity (Wildman–Crippen MR) is 257 cm³/mol. The molecule has 18 heteroatoms. The van der Waals surface area contributed by atoms with Crippen LogP contribution in [0.25, 0.3) is 0 Å². The standard InChI is InChI=1S/C46H58N8O9.C3H9N/c1-29(2)36-22-37(41(59)23-40(36)58)44(48)54(42(47)28-57)33-10-8-30(9-11-33)24-52-18-14-31(15-19-52)45(61)53-20-16-35(17-21-53)63-46(62)50-39-7-5-6-32(26-55)38(39)25-51(4)34(27-56)12-13-43(60)49-3;1-3-4-2/h5-11,22-23,26-29,31,34-35,47-48,58-59H,12-21,24-25H2,1-4H3,(H,49,60)(H,50,62);4H,3H2,1-2H3. The van der Waals surface area contributed by atoms with Crippen molar-refractivity contribution in [2.75, 3.05) is 64.1 Å². The van der Waals surface area contributed by atoms with Crippen molar-refractivity contribution in [1.82, 2.24) is 25.3 Å². The molecule has 0 aromatic heterocycles. The van der Waals surface area contributed by atoms with Crippen LogP contribution in [0.15, 0.2) is 54.6 Å². The maximum atomic E-state index is 13.6. The Morgan fingerprint density at radius 1 is 0.925 bits per heavy atom. The van der Waals surface area contributed by atoms with Gasteiger partial charge in [-0.25, -0.2) is 4.79 Å². The molecule has 0 aliphatic carbocycles. The van der Waals surface area contributed by atoms with Crippen molar-refractivity contribution in [3.05, 3.63) is 82.4 Å². The third-order valence-corrected chi connectivity index (χ3v) is 12.2. The number of amides is 3. The molecular formula is C49H67N9O9. The van der Waals surface area contributed by atoms with Crippen LogP contribution in [0.3, 0.4) is 0 Å². The van der Waals surface area contributed by atoms with Crippen LogP contribution in [0.2, 0.25) is 0 Å². The first-order valence-corrected chi connectivity index (χ1v) is 22.7. The maximum Gasteiger partial charge on any atom is 0.411 e. The van der Waals surface area contributed by atoms with Crippen LogP contribution in [0, 0.1) is 16.7 Å². The Hall–Kier alpha value is -6.50. The highest BCUT2D eigenvalue weighted by Crippen LogP contribution is 2.34. The van der Waals surface area contributed by atoms with Gasteiger partial charge in [-0.15, -0.1) is 0 Å². The first-order chi connectivity index (χ1) is 32.1. The van der Waals surface area contributed by atoms with E-state index in [1.54, 1.807) is 42.3 Å². The van der Waals surface area contributed by atoms with Crippen LogP contribution in [0.1, 0.15) is 97.8 Å². The summed E-state index contributed by atoms with van der Waals surface area (Å²) >= 11 is 0. The van der Waals surface area contributed by atoms with Crippen molar-refractivity contribution in [1.29, 1.82) is 10.8 Å². The van der Waals surface area contributed by atoms with Crippen LogP contribution in [-0.2, 0) is 37.0 Å². The molecule has 0 saturated carbocycles. The van der Waals surface area contributed by atoms with Crippen molar-refractivity contribution < 1.29 is 43.7 Å². The number of likely N-dealkylation sites (N-methyl/N-ethyl adjacent to an activating group) is 1. The second-order valence-corrected chi connectivity index (χ2v) is 17.1. The fourth-order valence-electron chi connectivity index (χ4n) is 8.07. The van der Waals surface area contributed by atoms with Gasteiger partial charge in [-0.1, -0.05) is 45.0 Å². The monoisotopic (exact) mass is 926 g/mol. The minimum absolute atomic E-state index is 0.0728. The third-order valence-electron chi connectivity index (χ3n) is 12.2. The van der Waals surface area contributed by atoms with Crippen LogP contribution >= 0.6 is 0 Å². The minimum atomic E-state index is -0.688. The number of hydrogen-bond acceptors (Lipinski definition) is 14. The molecule has 1 unspecified atom stereocenters. The second-order valence-electron chi connectivity index (χ2n) is 17.1. The number of phenolic OH excluding ortho intramolecular Hbond substituents is 2. The number of carbonyl (C=O) groups excluding carboxylic acids is 6. The van der Waals surface area contributed by atoms with Gasteiger partial charge in [0, 0.05) is 87.0 Å². The predicted octanol–water partition coefficient (Wildman–Crippen LogP) is 5.24. The van der Waals surface area contributed by atoms with Crippen molar-refractivity contribution in [2.45, 2.75) is 90.4 Å². The molecule has 2 heterocycles. The van der Waals surface area contributed by atoms with E-state index in [-0.39, 0.29) is 65.9 Å². The number of carbonyl (C=O) groups is 6. The van der Waals surface area contributed by atoms with Crippen LogP contribution < -0.4 is 20.9 Å².